The number of hydrogen-bond donors (Lipinski definition) is 0. The van der Waals surface area contributed by atoms with Crippen molar-refractivity contribution in [2.75, 3.05) is 0 Å². The van der Waals surface area contributed by atoms with Gasteiger partial charge in [0.05, 0.1) is 5.56 Å². The largest absolute Gasteiger partial charge is 0.458 e. The lowest BCUT2D eigenvalue weighted by atomic mass is 9.46. The second kappa shape index (κ2) is 7.79. The number of carbonyl (C=O) groups is 3. The molecule has 34 heavy (non-hydrogen) atoms. The van der Waals surface area contributed by atoms with E-state index in [2.05, 4.69) is 27.7 Å². The van der Waals surface area contributed by atoms with E-state index < -0.39 is 24.1 Å². The topological polar surface area (TPSA) is 69.7 Å². The minimum Gasteiger partial charge on any atom is -0.458 e. The van der Waals surface area contributed by atoms with Crippen LogP contribution in [-0.2, 0) is 19.1 Å². The van der Waals surface area contributed by atoms with Gasteiger partial charge in [-0.15, -0.1) is 0 Å². The molecule has 1 spiro atoms. The van der Waals surface area contributed by atoms with Crippen molar-refractivity contribution in [2.45, 2.75) is 85.4 Å². The predicted octanol–water partition coefficient (Wildman–Crippen LogP) is 5.68. The van der Waals surface area contributed by atoms with Crippen LogP contribution < -0.4 is 0 Å². The zero-order chi connectivity index (χ0) is 24.5. The number of benzene rings is 1. The summed E-state index contributed by atoms with van der Waals surface area (Å²) in [5.41, 5.74) is 2.62. The number of allylic oxidation sites excluding steroid dienone is 1. The van der Waals surface area contributed by atoms with Crippen molar-refractivity contribution in [1.29, 1.82) is 0 Å². The van der Waals surface area contributed by atoms with Crippen molar-refractivity contribution >= 4 is 17.7 Å². The van der Waals surface area contributed by atoms with Crippen molar-refractivity contribution < 1.29 is 23.9 Å². The molecule has 4 aliphatic carbocycles. The number of esters is 2. The first kappa shape index (κ1) is 23.3. The van der Waals surface area contributed by atoms with Crippen LogP contribution in [0, 0.1) is 28.1 Å². The molecule has 0 amide bonds. The van der Waals surface area contributed by atoms with Crippen LogP contribution >= 0.6 is 0 Å². The van der Waals surface area contributed by atoms with Crippen molar-refractivity contribution in [3.8, 4) is 0 Å². The highest BCUT2D eigenvalue weighted by molar-refractivity contribution is 5.90. The molecule has 0 heterocycles. The minimum atomic E-state index is -0.629. The Morgan fingerprint density at radius 3 is 2.35 bits per heavy atom. The Kier molecular flexibility index (Phi) is 5.34. The summed E-state index contributed by atoms with van der Waals surface area (Å²) >= 11 is 0. The minimum absolute atomic E-state index is 0.0509. The van der Waals surface area contributed by atoms with Gasteiger partial charge in [0.2, 0.25) is 0 Å². The second-order valence-corrected chi connectivity index (χ2v) is 12.1. The van der Waals surface area contributed by atoms with E-state index in [1.165, 1.54) is 18.1 Å². The quantitative estimate of drug-likeness (QED) is 0.425. The molecule has 3 saturated carbocycles. The Morgan fingerprint density at radius 1 is 0.971 bits per heavy atom. The smallest absolute Gasteiger partial charge is 0.338 e. The summed E-state index contributed by atoms with van der Waals surface area (Å²) in [5, 5.41) is 0. The second-order valence-electron chi connectivity index (χ2n) is 12.1. The molecule has 0 unspecified atom stereocenters. The Bertz CT molecular complexity index is 1070. The van der Waals surface area contributed by atoms with E-state index in [4.69, 9.17) is 9.47 Å². The number of ketones is 1. The molecule has 0 saturated heterocycles. The van der Waals surface area contributed by atoms with E-state index in [1.807, 2.05) is 18.2 Å². The number of fused-ring (bicyclic) bond motifs is 2. The summed E-state index contributed by atoms with van der Waals surface area (Å²) in [6.45, 7) is 10.2. The van der Waals surface area contributed by atoms with Crippen LogP contribution in [-0.4, -0.2) is 29.9 Å². The number of hydrogen-bond acceptors (Lipinski definition) is 5. The Balaban J connectivity index is 1.67. The van der Waals surface area contributed by atoms with Gasteiger partial charge in [0.15, 0.2) is 0 Å². The lowest BCUT2D eigenvalue weighted by molar-refractivity contribution is -0.185. The lowest BCUT2D eigenvalue weighted by Crippen LogP contribution is -2.63. The molecule has 0 aromatic heterocycles. The monoisotopic (exact) mass is 464 g/mol. The highest BCUT2D eigenvalue weighted by Crippen LogP contribution is 2.70. The van der Waals surface area contributed by atoms with E-state index in [-0.39, 0.29) is 33.9 Å². The molecule has 4 aliphatic rings. The van der Waals surface area contributed by atoms with Crippen LogP contribution in [0.3, 0.4) is 0 Å². The molecule has 0 aliphatic heterocycles. The molecule has 1 aromatic rings. The molecule has 5 nitrogen and oxygen atoms in total. The predicted molar refractivity (Wildman–Crippen MR) is 128 cm³/mol. The maximum absolute atomic E-state index is 13.3. The molecular formula is C29H36O5. The molecule has 0 N–H and O–H groups in total. The van der Waals surface area contributed by atoms with Gasteiger partial charge in [-0.2, -0.15) is 0 Å². The van der Waals surface area contributed by atoms with Crippen LogP contribution in [0.25, 0.3) is 0 Å². The maximum atomic E-state index is 13.3. The average molecular weight is 465 g/mol. The molecule has 6 atom stereocenters. The SMILES string of the molecule is CC(=O)O[C@@H]1[C@H](OC(=O)c2ccccc2)[C@@H]2C(=C(C)CCC2(C)C)[C@@]23CC[C@@](C)(C2)C(=O)C[C@@H]13. The van der Waals surface area contributed by atoms with Gasteiger partial charge in [-0.3, -0.25) is 9.59 Å². The molecule has 0 radical (unpaired) electrons. The number of rotatable bonds is 3. The lowest BCUT2D eigenvalue weighted by Gasteiger charge is -2.60. The van der Waals surface area contributed by atoms with Gasteiger partial charge >= 0.3 is 11.9 Å². The standard InChI is InChI=1S/C29H36O5/c1-17-11-12-27(3,4)23-22(17)29-14-13-28(5,16-29)21(31)15-20(29)24(33-18(2)30)25(23)34-26(32)19-9-7-6-8-10-19/h6-10,20,23-25H,11-16H2,1-5H3/t20-,23-,24-,25+,28-,29-/m0/s1. The van der Waals surface area contributed by atoms with E-state index in [1.54, 1.807) is 12.1 Å². The molecule has 1 aromatic carbocycles. The molecule has 3 fully saturated rings. The van der Waals surface area contributed by atoms with Crippen molar-refractivity contribution in [2.24, 2.45) is 28.1 Å². The van der Waals surface area contributed by atoms with Crippen LogP contribution in [0.4, 0.5) is 0 Å². The summed E-state index contributed by atoms with van der Waals surface area (Å²) in [5.74, 6) is -0.760. The maximum Gasteiger partial charge on any atom is 0.338 e. The third kappa shape index (κ3) is 3.37. The molecule has 2 bridgehead atoms. The number of Topliss-reactive ketones (excluding diaryl/α,β-unsaturated/α-hetero) is 1. The van der Waals surface area contributed by atoms with E-state index in [0.717, 1.165) is 32.1 Å². The molecular weight excluding hydrogens is 428 g/mol. The Labute approximate surface area is 202 Å². The van der Waals surface area contributed by atoms with Crippen molar-refractivity contribution in [1.82, 2.24) is 0 Å². The van der Waals surface area contributed by atoms with E-state index in [9.17, 15) is 14.4 Å². The fraction of sp³-hybridized carbons (Fsp3) is 0.621. The Morgan fingerprint density at radius 2 is 1.68 bits per heavy atom. The van der Waals surface area contributed by atoms with Gasteiger partial charge in [-0.1, -0.05) is 50.1 Å². The fourth-order valence-corrected chi connectivity index (χ4v) is 7.89. The third-order valence-electron chi connectivity index (χ3n) is 9.51. The first-order valence-electron chi connectivity index (χ1n) is 12.7. The first-order valence-corrected chi connectivity index (χ1v) is 12.7. The Hall–Kier alpha value is -2.43. The summed E-state index contributed by atoms with van der Waals surface area (Å²) in [6, 6.07) is 8.98. The zero-order valence-corrected chi connectivity index (χ0v) is 21.0. The third-order valence-corrected chi connectivity index (χ3v) is 9.51. The highest BCUT2D eigenvalue weighted by atomic mass is 16.6. The van der Waals surface area contributed by atoms with Crippen molar-refractivity contribution in [3.05, 3.63) is 47.0 Å². The average Bonchev–Trinajstić information content (AvgIpc) is 3.09. The fourth-order valence-electron chi connectivity index (χ4n) is 7.89. The highest BCUT2D eigenvalue weighted by Gasteiger charge is 2.69. The van der Waals surface area contributed by atoms with Crippen LogP contribution in [0.15, 0.2) is 41.5 Å². The van der Waals surface area contributed by atoms with Gasteiger partial charge in [0.1, 0.15) is 18.0 Å². The molecule has 5 rings (SSSR count). The summed E-state index contributed by atoms with van der Waals surface area (Å²) in [6.07, 6.45) is 3.72. The molecule has 5 heteroatoms. The van der Waals surface area contributed by atoms with Crippen LogP contribution in [0.5, 0.6) is 0 Å². The number of carbonyl (C=O) groups excluding carboxylic acids is 3. The van der Waals surface area contributed by atoms with E-state index >= 15 is 0 Å². The first-order chi connectivity index (χ1) is 16.0. The van der Waals surface area contributed by atoms with Gasteiger partial charge in [-0.25, -0.2) is 4.79 Å². The van der Waals surface area contributed by atoms with Crippen LogP contribution in [0.2, 0.25) is 0 Å². The van der Waals surface area contributed by atoms with Gasteiger partial charge in [0.25, 0.3) is 0 Å². The normalized spacial score (nSPS) is 38.1. The molecule has 182 valence electrons. The number of ether oxygens (including phenoxy) is 2. The van der Waals surface area contributed by atoms with E-state index in [0.29, 0.717) is 12.0 Å². The van der Waals surface area contributed by atoms with Gasteiger partial charge in [-0.05, 0) is 62.0 Å². The summed E-state index contributed by atoms with van der Waals surface area (Å²) < 4.78 is 12.3. The summed E-state index contributed by atoms with van der Waals surface area (Å²) in [4.78, 5) is 39.0. The zero-order valence-electron chi connectivity index (χ0n) is 21.0. The van der Waals surface area contributed by atoms with Gasteiger partial charge < -0.3 is 9.47 Å². The van der Waals surface area contributed by atoms with Crippen molar-refractivity contribution in [3.63, 3.8) is 0 Å². The van der Waals surface area contributed by atoms with Crippen LogP contribution in [0.1, 0.15) is 83.5 Å². The van der Waals surface area contributed by atoms with Gasteiger partial charge in [0, 0.05) is 30.6 Å². The summed E-state index contributed by atoms with van der Waals surface area (Å²) in [7, 11) is 0.